The smallest absolute Gasteiger partial charge is 0.303 e. The van der Waals surface area contributed by atoms with Crippen molar-refractivity contribution in [3.05, 3.63) is 0 Å². The first-order valence-electron chi connectivity index (χ1n) is 2.28. The minimum atomic E-state index is -4.44. The van der Waals surface area contributed by atoms with Crippen LogP contribution < -0.4 is 0 Å². The second-order valence-corrected chi connectivity index (χ2v) is 2.77. The lowest BCUT2D eigenvalue weighted by Gasteiger charge is -2.08. The van der Waals surface area contributed by atoms with Gasteiger partial charge in [0.1, 0.15) is 6.61 Å². The molecular formula is C3H8O5P. The van der Waals surface area contributed by atoms with Crippen LogP contribution >= 0.6 is 7.82 Å². The molecule has 6 heteroatoms. The summed E-state index contributed by atoms with van der Waals surface area (Å²) in [5.74, 6) is 0. The molecule has 0 unspecified atom stereocenters. The molecule has 0 aliphatic rings. The Bertz CT molecular complexity index is 117. The van der Waals surface area contributed by atoms with Gasteiger partial charge in [0.05, 0.1) is 6.10 Å². The summed E-state index contributed by atoms with van der Waals surface area (Å²) in [5, 5.41) is 9.84. The van der Waals surface area contributed by atoms with E-state index in [4.69, 9.17) is 9.79 Å². The van der Waals surface area contributed by atoms with Crippen molar-refractivity contribution in [2.45, 2.75) is 13.0 Å². The largest absolute Gasteiger partial charge is 0.469 e. The van der Waals surface area contributed by atoms with Gasteiger partial charge in [-0.1, -0.05) is 0 Å². The lowest BCUT2D eigenvalue weighted by atomic mass is 10.5. The molecule has 0 rings (SSSR count). The van der Waals surface area contributed by atoms with Crippen molar-refractivity contribution < 1.29 is 24.0 Å². The molecule has 1 atom stereocenters. The molecule has 9 heavy (non-hydrogen) atoms. The van der Waals surface area contributed by atoms with E-state index in [1.54, 1.807) is 0 Å². The minimum absolute atomic E-state index is 0.648. The molecule has 0 amide bonds. The molecule has 0 fully saturated rings. The van der Waals surface area contributed by atoms with E-state index < -0.39 is 20.5 Å². The van der Waals surface area contributed by atoms with Gasteiger partial charge in [-0.05, 0) is 6.92 Å². The number of hydrogen-bond donors (Lipinski definition) is 2. The predicted molar refractivity (Wildman–Crippen MR) is 28.1 cm³/mol. The summed E-state index contributed by atoms with van der Waals surface area (Å²) in [6.45, 7) is 0.650. The van der Waals surface area contributed by atoms with E-state index in [0.717, 1.165) is 0 Å². The Hall–Kier alpha value is 0.0700. The second-order valence-electron chi connectivity index (χ2n) is 1.57. The Labute approximate surface area is 52.5 Å². The maximum Gasteiger partial charge on any atom is 0.469 e. The molecule has 0 heterocycles. The van der Waals surface area contributed by atoms with Crippen molar-refractivity contribution in [3.63, 3.8) is 0 Å². The summed E-state index contributed by atoms with van der Waals surface area (Å²) in [7, 11) is -4.44. The molecule has 0 aromatic rings. The van der Waals surface area contributed by atoms with Crippen LogP contribution in [-0.2, 0) is 14.2 Å². The van der Waals surface area contributed by atoms with E-state index in [1.165, 1.54) is 6.92 Å². The number of rotatable bonds is 3. The lowest BCUT2D eigenvalue weighted by molar-refractivity contribution is 0.0591. The van der Waals surface area contributed by atoms with E-state index >= 15 is 0 Å². The van der Waals surface area contributed by atoms with Crippen LogP contribution in [0.1, 0.15) is 6.92 Å². The summed E-state index contributed by atoms with van der Waals surface area (Å²) in [5.41, 5.74) is 0. The first kappa shape index (κ1) is 9.07. The summed E-state index contributed by atoms with van der Waals surface area (Å²) in [6.07, 6.45) is -0.925. The van der Waals surface area contributed by atoms with E-state index in [1.807, 2.05) is 0 Å². The van der Waals surface area contributed by atoms with Gasteiger partial charge in [0.15, 0.2) is 0 Å². The second kappa shape index (κ2) is 3.29. The van der Waals surface area contributed by atoms with Gasteiger partial charge in [-0.2, -0.15) is 0 Å². The van der Waals surface area contributed by atoms with Gasteiger partial charge in [0.2, 0.25) is 0 Å². The van der Waals surface area contributed by atoms with Crippen molar-refractivity contribution in [1.82, 2.24) is 0 Å². The van der Waals surface area contributed by atoms with E-state index in [2.05, 4.69) is 4.52 Å². The quantitative estimate of drug-likeness (QED) is 0.557. The molecule has 0 saturated heterocycles. The van der Waals surface area contributed by atoms with Crippen LogP contribution in [-0.4, -0.2) is 22.5 Å². The fraction of sp³-hybridized carbons (Fsp3) is 1.00. The van der Waals surface area contributed by atoms with Crippen molar-refractivity contribution >= 4 is 7.82 Å². The summed E-state index contributed by atoms with van der Waals surface area (Å²) in [4.78, 5) is 16.1. The Morgan fingerprint density at radius 2 is 2.11 bits per heavy atom. The topological polar surface area (TPSA) is 86.7 Å². The van der Waals surface area contributed by atoms with Gasteiger partial charge in [-0.3, -0.25) is 4.52 Å². The van der Waals surface area contributed by atoms with Crippen molar-refractivity contribution in [2.75, 3.05) is 6.61 Å². The SMILES string of the molecule is C[C@H](C[O])OP(=O)(O)O. The van der Waals surface area contributed by atoms with Crippen molar-refractivity contribution in [2.24, 2.45) is 0 Å². The zero-order chi connectivity index (χ0) is 7.49. The highest BCUT2D eigenvalue weighted by molar-refractivity contribution is 7.46. The van der Waals surface area contributed by atoms with Crippen LogP contribution in [0, 0.1) is 0 Å². The average Bonchev–Trinajstić information content (AvgIpc) is 1.62. The molecule has 2 N–H and O–H groups in total. The van der Waals surface area contributed by atoms with Crippen molar-refractivity contribution in [3.8, 4) is 0 Å². The normalized spacial score (nSPS) is 15.6. The van der Waals surface area contributed by atoms with Crippen LogP contribution in [0.2, 0.25) is 0 Å². The third-order valence-electron chi connectivity index (χ3n) is 0.552. The first-order valence-corrected chi connectivity index (χ1v) is 3.81. The molecule has 1 radical (unpaired) electrons. The highest BCUT2D eigenvalue weighted by Gasteiger charge is 2.17. The molecule has 0 aromatic carbocycles. The van der Waals surface area contributed by atoms with Gasteiger partial charge >= 0.3 is 7.82 Å². The minimum Gasteiger partial charge on any atom is -0.303 e. The average molecular weight is 155 g/mol. The maximum absolute atomic E-state index is 9.93. The van der Waals surface area contributed by atoms with E-state index in [0.29, 0.717) is 0 Å². The van der Waals surface area contributed by atoms with E-state index in [9.17, 15) is 9.67 Å². The summed E-state index contributed by atoms with van der Waals surface area (Å²) < 4.78 is 13.9. The van der Waals surface area contributed by atoms with Gasteiger partial charge in [0.25, 0.3) is 0 Å². The molecule has 0 aliphatic heterocycles. The summed E-state index contributed by atoms with van der Waals surface area (Å²) in [6, 6.07) is 0. The number of phosphoric acid groups is 1. The Morgan fingerprint density at radius 1 is 1.67 bits per heavy atom. The molecular weight excluding hydrogens is 147 g/mol. The Balaban J connectivity index is 3.60. The van der Waals surface area contributed by atoms with Crippen molar-refractivity contribution in [1.29, 1.82) is 0 Å². The molecule has 0 aliphatic carbocycles. The number of hydrogen-bond acceptors (Lipinski definition) is 2. The zero-order valence-electron chi connectivity index (χ0n) is 4.85. The molecule has 0 bridgehead atoms. The highest BCUT2D eigenvalue weighted by Crippen LogP contribution is 2.37. The molecule has 0 spiro atoms. The monoisotopic (exact) mass is 155 g/mol. The molecule has 0 saturated carbocycles. The maximum atomic E-state index is 9.93. The molecule has 0 aromatic heterocycles. The zero-order valence-corrected chi connectivity index (χ0v) is 5.75. The van der Waals surface area contributed by atoms with Crippen LogP contribution in [0.4, 0.5) is 0 Å². The first-order chi connectivity index (χ1) is 3.95. The van der Waals surface area contributed by atoms with Gasteiger partial charge in [-0.25, -0.2) is 9.67 Å². The van der Waals surface area contributed by atoms with Crippen LogP contribution in [0.15, 0.2) is 0 Å². The van der Waals surface area contributed by atoms with Gasteiger partial charge in [0, 0.05) is 0 Å². The van der Waals surface area contributed by atoms with Gasteiger partial charge < -0.3 is 9.79 Å². The van der Waals surface area contributed by atoms with Crippen LogP contribution in [0.5, 0.6) is 0 Å². The predicted octanol–water partition coefficient (Wildman–Crippen LogP) is -0.0853. The standard InChI is InChI=1S/C3H8O5P/c1-3(2-4)8-9(5,6)7/h3H,2H2,1H3,(H2,5,6,7)/t3-/m1/s1. The third kappa shape index (κ3) is 5.95. The molecule has 5 nitrogen and oxygen atoms in total. The van der Waals surface area contributed by atoms with Gasteiger partial charge in [-0.15, -0.1) is 0 Å². The summed E-state index contributed by atoms with van der Waals surface area (Å²) >= 11 is 0. The number of phosphoric ester groups is 1. The fourth-order valence-corrected chi connectivity index (χ4v) is 0.795. The fourth-order valence-electron chi connectivity index (χ4n) is 0.265. The highest BCUT2D eigenvalue weighted by atomic mass is 31.2. The Kier molecular flexibility index (Phi) is 3.32. The third-order valence-corrected chi connectivity index (χ3v) is 1.19. The molecule has 55 valence electrons. The Morgan fingerprint density at radius 3 is 2.22 bits per heavy atom. The van der Waals surface area contributed by atoms with Crippen LogP contribution in [0.25, 0.3) is 0 Å². The lowest BCUT2D eigenvalue weighted by Crippen LogP contribution is -2.09. The van der Waals surface area contributed by atoms with E-state index in [-0.39, 0.29) is 0 Å². The van der Waals surface area contributed by atoms with Crippen LogP contribution in [0.3, 0.4) is 0 Å².